The first-order valence-corrected chi connectivity index (χ1v) is 4.70. The minimum atomic E-state index is 0.182. The van der Waals surface area contributed by atoms with E-state index in [1.807, 2.05) is 0 Å². The van der Waals surface area contributed by atoms with Crippen LogP contribution in [0, 0.1) is 23.2 Å². The summed E-state index contributed by atoms with van der Waals surface area (Å²) < 4.78 is 0. The maximum Gasteiger partial charge on any atom is 0.0671 e. The van der Waals surface area contributed by atoms with Gasteiger partial charge in [-0.05, 0) is 25.9 Å². The van der Waals surface area contributed by atoms with Crippen LogP contribution in [0.5, 0.6) is 0 Å². The number of hydrogen-bond acceptors (Lipinski definition) is 2. The van der Waals surface area contributed by atoms with Crippen molar-refractivity contribution in [1.29, 1.82) is 5.26 Å². The Bertz CT molecular complexity index is 146. The van der Waals surface area contributed by atoms with Gasteiger partial charge in [-0.3, -0.25) is 0 Å². The molecule has 70 valence electrons. The fraction of sp³-hybridized carbons (Fsp3) is 0.900. The van der Waals surface area contributed by atoms with Crippen molar-refractivity contribution in [2.45, 2.75) is 27.2 Å². The van der Waals surface area contributed by atoms with E-state index in [0.717, 1.165) is 19.5 Å². The topological polar surface area (TPSA) is 27.0 Å². The molecule has 0 aliphatic heterocycles. The van der Waals surface area contributed by atoms with E-state index in [0.29, 0.717) is 5.92 Å². The van der Waals surface area contributed by atoms with Gasteiger partial charge in [-0.2, -0.15) is 5.26 Å². The van der Waals surface area contributed by atoms with E-state index in [2.05, 4.69) is 38.8 Å². The average molecular weight is 168 g/mol. The fourth-order valence-electron chi connectivity index (χ4n) is 1.21. The Hall–Kier alpha value is -0.550. The van der Waals surface area contributed by atoms with Crippen LogP contribution in [-0.4, -0.2) is 25.0 Å². The van der Waals surface area contributed by atoms with E-state index < -0.39 is 0 Å². The first kappa shape index (κ1) is 11.4. The smallest absolute Gasteiger partial charge is 0.0671 e. The lowest BCUT2D eigenvalue weighted by Gasteiger charge is -2.21. The van der Waals surface area contributed by atoms with Crippen LogP contribution >= 0.6 is 0 Å². The molecule has 0 amide bonds. The second-order valence-electron chi connectivity index (χ2n) is 3.74. The Balaban J connectivity index is 3.79. The zero-order valence-corrected chi connectivity index (χ0v) is 8.67. The van der Waals surface area contributed by atoms with E-state index in [9.17, 15) is 0 Å². The first-order valence-electron chi connectivity index (χ1n) is 4.70. The summed E-state index contributed by atoms with van der Waals surface area (Å²) in [5.41, 5.74) is 0. The summed E-state index contributed by atoms with van der Waals surface area (Å²) in [5, 5.41) is 8.84. The van der Waals surface area contributed by atoms with Gasteiger partial charge >= 0.3 is 0 Å². The van der Waals surface area contributed by atoms with Crippen molar-refractivity contribution in [3.8, 4) is 6.07 Å². The molecule has 2 heteroatoms. The van der Waals surface area contributed by atoms with Crippen LogP contribution in [0.1, 0.15) is 27.2 Å². The molecule has 0 rings (SSSR count). The van der Waals surface area contributed by atoms with E-state index >= 15 is 0 Å². The molecule has 0 aromatic carbocycles. The maximum atomic E-state index is 8.84. The molecule has 1 atom stereocenters. The third kappa shape index (κ3) is 4.35. The van der Waals surface area contributed by atoms with Crippen LogP contribution in [0.25, 0.3) is 0 Å². The highest BCUT2D eigenvalue weighted by Crippen LogP contribution is 2.10. The minimum Gasteiger partial charge on any atom is -0.305 e. The summed E-state index contributed by atoms with van der Waals surface area (Å²) in [6.45, 7) is 8.36. The third-order valence-corrected chi connectivity index (χ3v) is 2.08. The first-order chi connectivity index (χ1) is 5.61. The molecule has 0 fully saturated rings. The van der Waals surface area contributed by atoms with Crippen LogP contribution in [0.2, 0.25) is 0 Å². The van der Waals surface area contributed by atoms with E-state index in [-0.39, 0.29) is 5.92 Å². The molecule has 0 heterocycles. The lowest BCUT2D eigenvalue weighted by Crippen LogP contribution is -2.28. The molecule has 0 radical (unpaired) electrons. The van der Waals surface area contributed by atoms with Crippen molar-refractivity contribution in [3.05, 3.63) is 0 Å². The Morgan fingerprint density at radius 1 is 1.42 bits per heavy atom. The largest absolute Gasteiger partial charge is 0.305 e. The minimum absolute atomic E-state index is 0.182. The van der Waals surface area contributed by atoms with Gasteiger partial charge in [0.25, 0.3) is 0 Å². The summed E-state index contributed by atoms with van der Waals surface area (Å²) in [5.74, 6) is 0.649. The van der Waals surface area contributed by atoms with Gasteiger partial charge in [-0.25, -0.2) is 0 Å². The highest BCUT2D eigenvalue weighted by molar-refractivity contribution is 4.86. The van der Waals surface area contributed by atoms with Crippen LogP contribution in [0.3, 0.4) is 0 Å². The molecule has 0 saturated heterocycles. The third-order valence-electron chi connectivity index (χ3n) is 2.08. The van der Waals surface area contributed by atoms with Crippen LogP contribution < -0.4 is 0 Å². The molecule has 12 heavy (non-hydrogen) atoms. The second-order valence-corrected chi connectivity index (χ2v) is 3.74. The number of nitriles is 1. The molecular formula is C10H20N2. The van der Waals surface area contributed by atoms with E-state index in [1.165, 1.54) is 0 Å². The van der Waals surface area contributed by atoms with Gasteiger partial charge in [0.05, 0.1) is 12.0 Å². The Morgan fingerprint density at radius 3 is 2.33 bits per heavy atom. The summed E-state index contributed by atoms with van der Waals surface area (Å²) in [4.78, 5) is 2.23. The van der Waals surface area contributed by atoms with Gasteiger partial charge in [-0.15, -0.1) is 0 Å². The normalized spacial score (nSPS) is 13.4. The zero-order chi connectivity index (χ0) is 9.56. The van der Waals surface area contributed by atoms with Gasteiger partial charge in [-0.1, -0.05) is 20.8 Å². The molecular weight excluding hydrogens is 148 g/mol. The van der Waals surface area contributed by atoms with E-state index in [4.69, 9.17) is 5.26 Å². The highest BCUT2D eigenvalue weighted by atomic mass is 15.1. The standard InChI is InChI=1S/C10H20N2/c1-5-6-12(4)8-10(7-11)9(2)3/h9-10H,5-6,8H2,1-4H3. The van der Waals surface area contributed by atoms with E-state index in [1.54, 1.807) is 0 Å². The van der Waals surface area contributed by atoms with Gasteiger partial charge < -0.3 is 4.90 Å². The monoisotopic (exact) mass is 168 g/mol. The molecule has 0 spiro atoms. The maximum absolute atomic E-state index is 8.84. The highest BCUT2D eigenvalue weighted by Gasteiger charge is 2.13. The Labute approximate surface area is 76.2 Å². The van der Waals surface area contributed by atoms with Crippen molar-refractivity contribution in [1.82, 2.24) is 4.90 Å². The fourth-order valence-corrected chi connectivity index (χ4v) is 1.21. The number of rotatable bonds is 5. The predicted octanol–water partition coefficient (Wildman–Crippen LogP) is 2.12. The summed E-state index contributed by atoms with van der Waals surface area (Å²) in [7, 11) is 2.08. The molecule has 0 aromatic heterocycles. The molecule has 0 aliphatic carbocycles. The van der Waals surface area contributed by atoms with Gasteiger partial charge in [0, 0.05) is 6.54 Å². The number of nitrogens with zero attached hydrogens (tertiary/aromatic N) is 2. The second kappa shape index (κ2) is 6.02. The van der Waals surface area contributed by atoms with Crippen LogP contribution in [0.15, 0.2) is 0 Å². The van der Waals surface area contributed by atoms with Crippen molar-refractivity contribution < 1.29 is 0 Å². The van der Waals surface area contributed by atoms with Gasteiger partial charge in [0.1, 0.15) is 0 Å². The van der Waals surface area contributed by atoms with Crippen molar-refractivity contribution in [2.75, 3.05) is 20.1 Å². The van der Waals surface area contributed by atoms with Gasteiger partial charge in [0.2, 0.25) is 0 Å². The number of hydrogen-bond donors (Lipinski definition) is 0. The summed E-state index contributed by atoms with van der Waals surface area (Å²) in [6, 6.07) is 2.35. The molecule has 1 unspecified atom stereocenters. The molecule has 0 saturated carbocycles. The van der Waals surface area contributed by atoms with Crippen LogP contribution in [-0.2, 0) is 0 Å². The SMILES string of the molecule is CCCN(C)CC(C#N)C(C)C. The Morgan fingerprint density at radius 2 is 2.00 bits per heavy atom. The molecule has 0 bridgehead atoms. The quantitative estimate of drug-likeness (QED) is 0.628. The van der Waals surface area contributed by atoms with Crippen LogP contribution in [0.4, 0.5) is 0 Å². The van der Waals surface area contributed by atoms with Crippen molar-refractivity contribution in [2.24, 2.45) is 11.8 Å². The van der Waals surface area contributed by atoms with Crippen molar-refractivity contribution >= 4 is 0 Å². The average Bonchev–Trinajstić information content (AvgIpc) is 2.00. The lowest BCUT2D eigenvalue weighted by atomic mass is 9.97. The summed E-state index contributed by atoms with van der Waals surface area (Å²) >= 11 is 0. The molecule has 2 nitrogen and oxygen atoms in total. The molecule has 0 aromatic rings. The lowest BCUT2D eigenvalue weighted by molar-refractivity contribution is 0.272. The summed E-state index contributed by atoms with van der Waals surface area (Å²) in [6.07, 6.45) is 1.16. The molecule has 0 aliphatic rings. The Kier molecular flexibility index (Phi) is 5.74. The molecule has 0 N–H and O–H groups in total. The predicted molar refractivity (Wildman–Crippen MR) is 51.7 cm³/mol. The van der Waals surface area contributed by atoms with Crippen molar-refractivity contribution in [3.63, 3.8) is 0 Å². The zero-order valence-electron chi connectivity index (χ0n) is 8.67. The van der Waals surface area contributed by atoms with Gasteiger partial charge in [0.15, 0.2) is 0 Å².